The molecule has 1 unspecified atom stereocenters. The number of hydrogen-bond acceptors (Lipinski definition) is 5. The quantitative estimate of drug-likeness (QED) is 0.545. The smallest absolute Gasteiger partial charge is 0.413 e. The summed E-state index contributed by atoms with van der Waals surface area (Å²) in [6.07, 6.45) is 2.66. The molecule has 2 aliphatic heterocycles. The summed E-state index contributed by atoms with van der Waals surface area (Å²) >= 11 is 3.46. The lowest BCUT2D eigenvalue weighted by atomic mass is 10.0. The molecule has 2 saturated heterocycles. The van der Waals surface area contributed by atoms with Crippen molar-refractivity contribution in [1.29, 1.82) is 0 Å². The maximum absolute atomic E-state index is 13.3. The van der Waals surface area contributed by atoms with Crippen LogP contribution in [0.3, 0.4) is 0 Å². The Morgan fingerprint density at radius 2 is 1.91 bits per heavy atom. The van der Waals surface area contributed by atoms with Crippen molar-refractivity contribution >= 4 is 22.0 Å². The van der Waals surface area contributed by atoms with Crippen molar-refractivity contribution in [2.24, 2.45) is 0 Å². The second-order valence-electron chi connectivity index (χ2n) is 7.97. The summed E-state index contributed by atoms with van der Waals surface area (Å²) in [7, 11) is 0. The van der Waals surface area contributed by atoms with Gasteiger partial charge in [0.25, 0.3) is 0 Å². The van der Waals surface area contributed by atoms with Gasteiger partial charge in [-0.15, -0.1) is 0 Å². The molecule has 2 fully saturated rings. The monoisotopic (exact) mass is 497 g/mol. The number of rotatable bonds is 4. The summed E-state index contributed by atoms with van der Waals surface area (Å²) < 4.78 is 18.5. The molecule has 32 heavy (non-hydrogen) atoms. The van der Waals surface area contributed by atoms with Crippen LogP contribution in [0.1, 0.15) is 30.3 Å². The van der Waals surface area contributed by atoms with E-state index in [4.69, 9.17) is 19.2 Å². The van der Waals surface area contributed by atoms with Crippen molar-refractivity contribution in [3.05, 3.63) is 76.7 Å². The fourth-order valence-corrected chi connectivity index (χ4v) is 4.56. The van der Waals surface area contributed by atoms with Crippen LogP contribution in [0.2, 0.25) is 0 Å². The highest BCUT2D eigenvalue weighted by atomic mass is 79.9. The highest BCUT2D eigenvalue weighted by Gasteiger charge is 2.53. The third-order valence-corrected chi connectivity index (χ3v) is 6.52. The minimum atomic E-state index is -0.735. The van der Waals surface area contributed by atoms with Gasteiger partial charge in [0, 0.05) is 29.1 Å². The lowest BCUT2D eigenvalue weighted by molar-refractivity contribution is -0.137. The number of H-pyrrole nitrogens is 1. The lowest BCUT2D eigenvalue weighted by Gasteiger charge is -2.40. The molecule has 3 aromatic rings. The van der Waals surface area contributed by atoms with Crippen LogP contribution in [0.25, 0.3) is 11.3 Å². The second kappa shape index (κ2) is 9.05. The van der Waals surface area contributed by atoms with E-state index in [0.717, 1.165) is 21.3 Å². The van der Waals surface area contributed by atoms with E-state index in [1.54, 1.807) is 4.90 Å². The minimum absolute atomic E-state index is 0.206. The molecule has 8 heteroatoms. The number of carbonyl (C=O) groups is 1. The molecule has 1 aromatic heterocycles. The lowest BCUT2D eigenvalue weighted by Crippen LogP contribution is -2.52. The van der Waals surface area contributed by atoms with E-state index < -0.39 is 11.8 Å². The van der Waals surface area contributed by atoms with Crippen LogP contribution in [-0.4, -0.2) is 46.5 Å². The third-order valence-electron chi connectivity index (χ3n) is 5.99. The van der Waals surface area contributed by atoms with Gasteiger partial charge in [0.15, 0.2) is 5.72 Å². The average Bonchev–Trinajstić information content (AvgIpc) is 3.45. The normalized spacial score (nSPS) is 19.9. The standard InChI is InChI=1S/C24H24BrN3O4/c25-19-8-6-18(7-9-19)20-14-26-22(27-20)21-16-32-24(10-12-30-13-11-24)28(21)23(29)31-15-17-4-2-1-3-5-17/h1-9,14,21H,10-13,15-16H2,(H,26,27). The first-order valence-electron chi connectivity index (χ1n) is 10.7. The first-order chi connectivity index (χ1) is 15.6. The molecule has 7 nitrogen and oxygen atoms in total. The van der Waals surface area contributed by atoms with Crippen molar-refractivity contribution in [2.75, 3.05) is 19.8 Å². The summed E-state index contributed by atoms with van der Waals surface area (Å²) in [5.74, 6) is 0.683. The van der Waals surface area contributed by atoms with Crippen LogP contribution in [0.5, 0.6) is 0 Å². The van der Waals surface area contributed by atoms with Crippen molar-refractivity contribution in [2.45, 2.75) is 31.2 Å². The molecule has 5 rings (SSSR count). The molecule has 1 N–H and O–H groups in total. The van der Waals surface area contributed by atoms with Gasteiger partial charge in [-0.1, -0.05) is 58.4 Å². The van der Waals surface area contributed by atoms with E-state index in [9.17, 15) is 4.79 Å². The van der Waals surface area contributed by atoms with Crippen molar-refractivity contribution in [3.63, 3.8) is 0 Å². The molecule has 0 aliphatic carbocycles. The second-order valence-corrected chi connectivity index (χ2v) is 8.89. The van der Waals surface area contributed by atoms with Gasteiger partial charge in [0.1, 0.15) is 18.5 Å². The Bertz CT molecular complexity index is 1060. The van der Waals surface area contributed by atoms with Crippen molar-refractivity contribution < 1.29 is 19.0 Å². The SMILES string of the molecule is O=C(OCc1ccccc1)N1C(c2nc(-c3ccc(Br)cc3)c[nH]2)COC12CCOCC2. The van der Waals surface area contributed by atoms with E-state index in [2.05, 4.69) is 20.9 Å². The van der Waals surface area contributed by atoms with Crippen molar-refractivity contribution in [3.8, 4) is 11.3 Å². The molecule has 0 radical (unpaired) electrons. The first kappa shape index (κ1) is 21.2. The fraction of sp³-hybridized carbons (Fsp3) is 0.333. The van der Waals surface area contributed by atoms with Crippen LogP contribution in [-0.2, 0) is 20.8 Å². The largest absolute Gasteiger partial charge is 0.444 e. The summed E-state index contributed by atoms with van der Waals surface area (Å²) in [6, 6.07) is 17.3. The fourth-order valence-electron chi connectivity index (χ4n) is 4.30. The highest BCUT2D eigenvalue weighted by Crippen LogP contribution is 2.43. The topological polar surface area (TPSA) is 76.7 Å². The van der Waals surface area contributed by atoms with E-state index in [-0.39, 0.29) is 12.6 Å². The van der Waals surface area contributed by atoms with Crippen LogP contribution in [0, 0.1) is 0 Å². The molecule has 1 spiro atoms. The Labute approximate surface area is 194 Å². The van der Waals surface area contributed by atoms with E-state index in [0.29, 0.717) is 38.5 Å². The summed E-state index contributed by atoms with van der Waals surface area (Å²) in [6.45, 7) is 1.64. The number of amides is 1. The summed E-state index contributed by atoms with van der Waals surface area (Å²) in [4.78, 5) is 23.1. The van der Waals surface area contributed by atoms with E-state index >= 15 is 0 Å². The van der Waals surface area contributed by atoms with Crippen LogP contribution in [0.15, 0.2) is 65.3 Å². The number of halogens is 1. The number of ether oxygens (including phenoxy) is 3. The van der Waals surface area contributed by atoms with Crippen LogP contribution < -0.4 is 0 Å². The van der Waals surface area contributed by atoms with Gasteiger partial charge in [-0.2, -0.15) is 0 Å². The molecule has 166 valence electrons. The van der Waals surface area contributed by atoms with Crippen LogP contribution >= 0.6 is 15.9 Å². The number of nitrogens with one attached hydrogen (secondary N) is 1. The predicted octanol–water partition coefficient (Wildman–Crippen LogP) is 5.06. The first-order valence-corrected chi connectivity index (χ1v) is 11.5. The number of nitrogens with zero attached hydrogens (tertiary/aromatic N) is 2. The van der Waals surface area contributed by atoms with Gasteiger partial charge in [0.2, 0.25) is 0 Å². The zero-order chi connectivity index (χ0) is 22.0. The Morgan fingerprint density at radius 1 is 1.16 bits per heavy atom. The number of carbonyl (C=O) groups excluding carboxylic acids is 1. The van der Waals surface area contributed by atoms with E-state index in [1.807, 2.05) is 60.8 Å². The van der Waals surface area contributed by atoms with Gasteiger partial charge in [-0.3, -0.25) is 4.90 Å². The molecule has 1 atom stereocenters. The van der Waals surface area contributed by atoms with Gasteiger partial charge in [-0.05, 0) is 17.7 Å². The van der Waals surface area contributed by atoms with Crippen LogP contribution in [0.4, 0.5) is 4.79 Å². The van der Waals surface area contributed by atoms with Gasteiger partial charge in [-0.25, -0.2) is 9.78 Å². The molecule has 0 bridgehead atoms. The Kier molecular flexibility index (Phi) is 5.99. The molecule has 1 amide bonds. The predicted molar refractivity (Wildman–Crippen MR) is 122 cm³/mol. The highest BCUT2D eigenvalue weighted by molar-refractivity contribution is 9.10. The zero-order valence-electron chi connectivity index (χ0n) is 17.5. The van der Waals surface area contributed by atoms with E-state index in [1.165, 1.54) is 0 Å². The van der Waals surface area contributed by atoms with Gasteiger partial charge in [0.05, 0.1) is 25.5 Å². The molecule has 2 aliphatic rings. The molecular weight excluding hydrogens is 474 g/mol. The number of imidazole rings is 1. The number of aromatic amines is 1. The minimum Gasteiger partial charge on any atom is -0.444 e. The zero-order valence-corrected chi connectivity index (χ0v) is 19.1. The summed E-state index contributed by atoms with van der Waals surface area (Å²) in [5, 5.41) is 0. The average molecular weight is 498 g/mol. The maximum atomic E-state index is 13.3. The summed E-state index contributed by atoms with van der Waals surface area (Å²) in [5.41, 5.74) is 2.02. The maximum Gasteiger partial charge on any atom is 0.413 e. The van der Waals surface area contributed by atoms with Gasteiger partial charge >= 0.3 is 6.09 Å². The Morgan fingerprint density at radius 3 is 2.66 bits per heavy atom. The number of aromatic nitrogens is 2. The van der Waals surface area contributed by atoms with Gasteiger partial charge < -0.3 is 19.2 Å². The molecular formula is C24H24BrN3O4. The Balaban J connectivity index is 1.40. The molecule has 2 aromatic carbocycles. The third kappa shape index (κ3) is 4.18. The Hall–Kier alpha value is -2.68. The molecule has 3 heterocycles. The van der Waals surface area contributed by atoms with Crippen molar-refractivity contribution in [1.82, 2.24) is 14.9 Å². The molecule has 0 saturated carbocycles. The number of hydrogen-bond donors (Lipinski definition) is 1. The number of benzene rings is 2.